The van der Waals surface area contributed by atoms with Gasteiger partial charge in [-0.05, 0) is 60.6 Å². The molecule has 0 aliphatic heterocycles. The molecule has 0 aliphatic rings. The van der Waals surface area contributed by atoms with E-state index in [1.54, 1.807) is 0 Å². The summed E-state index contributed by atoms with van der Waals surface area (Å²) in [6.45, 7) is 18.7. The molecule has 0 spiro atoms. The zero-order valence-electron chi connectivity index (χ0n) is 18.9. The molecule has 0 aliphatic carbocycles. The van der Waals surface area contributed by atoms with Crippen LogP contribution in [-0.4, -0.2) is 19.5 Å². The van der Waals surface area contributed by atoms with Crippen LogP contribution in [0.4, 0.5) is 0 Å². The van der Waals surface area contributed by atoms with E-state index in [1.807, 2.05) is 13.3 Å². The maximum Gasteiger partial charge on any atom is 0.104 e. The molecule has 2 aromatic carbocycles. The summed E-state index contributed by atoms with van der Waals surface area (Å²) in [6.07, 6.45) is 2.01. The third-order valence-corrected chi connectivity index (χ3v) is 5.97. The zero-order chi connectivity index (χ0) is 21.1. The first-order valence-electron chi connectivity index (χ1n) is 10.4. The van der Waals surface area contributed by atoms with Crippen molar-refractivity contribution in [2.24, 2.45) is 0 Å². The number of fused-ring (bicyclic) bond motifs is 2. The second-order valence-corrected chi connectivity index (χ2v) is 10.1. The van der Waals surface area contributed by atoms with Gasteiger partial charge in [-0.25, -0.2) is 9.97 Å². The van der Waals surface area contributed by atoms with Crippen molar-refractivity contribution < 1.29 is 0 Å². The number of nitrogens with one attached hydrogen (secondary N) is 1. The van der Waals surface area contributed by atoms with E-state index < -0.39 is 0 Å². The number of hydrogen-bond donors (Lipinski definition) is 1. The molecule has 152 valence electrons. The smallest absolute Gasteiger partial charge is 0.104 e. The van der Waals surface area contributed by atoms with Crippen molar-refractivity contribution in [2.45, 2.75) is 72.8 Å². The van der Waals surface area contributed by atoms with E-state index in [9.17, 15) is 0 Å². The van der Waals surface area contributed by atoms with E-state index in [0.29, 0.717) is 0 Å². The van der Waals surface area contributed by atoms with Gasteiger partial charge in [0.1, 0.15) is 5.82 Å². The average Bonchev–Trinajstić information content (AvgIpc) is 3.15. The summed E-state index contributed by atoms with van der Waals surface area (Å²) in [6, 6.07) is 8.78. The highest BCUT2D eigenvalue weighted by Crippen LogP contribution is 2.36. The molecule has 2 heterocycles. The minimum absolute atomic E-state index is 0.0625. The van der Waals surface area contributed by atoms with E-state index in [4.69, 9.17) is 9.97 Å². The van der Waals surface area contributed by atoms with Crippen molar-refractivity contribution in [2.75, 3.05) is 0 Å². The number of nitrogens with zero attached hydrogens (tertiary/aromatic N) is 3. The largest absolute Gasteiger partial charge is 0.342 e. The van der Waals surface area contributed by atoms with Crippen molar-refractivity contribution in [3.63, 3.8) is 0 Å². The van der Waals surface area contributed by atoms with E-state index >= 15 is 0 Å². The Bertz CT molecular complexity index is 1220. The lowest BCUT2D eigenvalue weighted by Crippen LogP contribution is -2.25. The minimum atomic E-state index is -0.0916. The fourth-order valence-corrected chi connectivity index (χ4v) is 4.96. The average molecular weight is 389 g/mol. The highest BCUT2D eigenvalue weighted by Gasteiger charge is 2.28. The van der Waals surface area contributed by atoms with Gasteiger partial charge in [0.2, 0.25) is 0 Å². The molecule has 29 heavy (non-hydrogen) atoms. The van der Waals surface area contributed by atoms with Gasteiger partial charge in [0.25, 0.3) is 0 Å². The van der Waals surface area contributed by atoms with Gasteiger partial charge in [0.15, 0.2) is 0 Å². The van der Waals surface area contributed by atoms with E-state index in [2.05, 4.69) is 82.3 Å². The molecular formula is C25H32N4. The fourth-order valence-electron chi connectivity index (χ4n) is 4.96. The molecule has 0 fully saturated rings. The number of imidazole rings is 2. The number of rotatable bonds is 3. The standard InChI is InChI=1S/C25H32N4/c1-15-10-12-19-23(20(15)24(4,5)6)26-14-29(19)13-25(7,8)21-16(2)9-11-18-22(21)28-17(3)27-18/h9-12,14H,13H2,1-8H3,(H,27,28). The highest BCUT2D eigenvalue weighted by atomic mass is 15.1. The molecule has 0 saturated carbocycles. The van der Waals surface area contributed by atoms with Crippen LogP contribution in [0.3, 0.4) is 0 Å². The van der Waals surface area contributed by atoms with Gasteiger partial charge < -0.3 is 9.55 Å². The molecule has 1 N–H and O–H groups in total. The summed E-state index contributed by atoms with van der Waals surface area (Å²) in [7, 11) is 0. The third kappa shape index (κ3) is 3.25. The maximum atomic E-state index is 4.85. The quantitative estimate of drug-likeness (QED) is 0.460. The number of H-pyrrole nitrogens is 1. The Morgan fingerprint density at radius 1 is 0.862 bits per heavy atom. The molecule has 0 atom stereocenters. The van der Waals surface area contributed by atoms with Crippen molar-refractivity contribution in [1.82, 2.24) is 19.5 Å². The van der Waals surface area contributed by atoms with Gasteiger partial charge in [0, 0.05) is 12.0 Å². The van der Waals surface area contributed by atoms with Crippen molar-refractivity contribution in [1.29, 1.82) is 0 Å². The maximum absolute atomic E-state index is 4.85. The first kappa shape index (κ1) is 19.7. The lowest BCUT2D eigenvalue weighted by Gasteiger charge is -2.28. The molecule has 4 aromatic rings. The number of benzene rings is 2. The highest BCUT2D eigenvalue weighted by molar-refractivity contribution is 5.83. The van der Waals surface area contributed by atoms with Crippen molar-refractivity contribution >= 4 is 22.1 Å². The minimum Gasteiger partial charge on any atom is -0.342 e. The van der Waals surface area contributed by atoms with Crippen LogP contribution in [0.15, 0.2) is 30.6 Å². The van der Waals surface area contributed by atoms with Crippen LogP contribution in [0.5, 0.6) is 0 Å². The van der Waals surface area contributed by atoms with Gasteiger partial charge in [-0.1, -0.05) is 46.8 Å². The lowest BCUT2D eigenvalue weighted by molar-refractivity contribution is 0.442. The molecular weight excluding hydrogens is 356 g/mol. The molecule has 2 aromatic heterocycles. The van der Waals surface area contributed by atoms with Gasteiger partial charge in [0.05, 0.1) is 28.4 Å². The Kier molecular flexibility index (Phi) is 4.38. The predicted molar refractivity (Wildman–Crippen MR) is 122 cm³/mol. The second-order valence-electron chi connectivity index (χ2n) is 10.1. The SMILES string of the molecule is Cc1nc2c(C(C)(C)Cn3cnc4c(C(C)(C)C)c(C)ccc43)c(C)ccc2[nH]1. The Hall–Kier alpha value is -2.62. The number of aromatic amines is 1. The van der Waals surface area contributed by atoms with Gasteiger partial charge in [-0.3, -0.25) is 0 Å². The number of hydrogen-bond acceptors (Lipinski definition) is 2. The van der Waals surface area contributed by atoms with Gasteiger partial charge in [-0.2, -0.15) is 0 Å². The Balaban J connectivity index is 1.84. The molecule has 0 unspecified atom stereocenters. The summed E-state index contributed by atoms with van der Waals surface area (Å²) < 4.78 is 2.31. The van der Waals surface area contributed by atoms with Crippen LogP contribution in [0.1, 0.15) is 62.7 Å². The normalized spacial score (nSPS) is 13.0. The third-order valence-electron chi connectivity index (χ3n) is 5.97. The Morgan fingerprint density at radius 2 is 1.52 bits per heavy atom. The van der Waals surface area contributed by atoms with Crippen LogP contribution in [0, 0.1) is 20.8 Å². The fraction of sp³-hybridized carbons (Fsp3) is 0.440. The monoisotopic (exact) mass is 388 g/mol. The van der Waals surface area contributed by atoms with Crippen molar-refractivity contribution in [3.8, 4) is 0 Å². The molecule has 0 saturated heterocycles. The summed E-state index contributed by atoms with van der Waals surface area (Å²) in [5.74, 6) is 0.959. The second kappa shape index (κ2) is 6.45. The van der Waals surface area contributed by atoms with Crippen LogP contribution in [0.25, 0.3) is 22.1 Å². The van der Waals surface area contributed by atoms with Crippen LogP contribution in [0.2, 0.25) is 0 Å². The molecule has 0 amide bonds. The van der Waals surface area contributed by atoms with Gasteiger partial charge >= 0.3 is 0 Å². The number of aromatic nitrogens is 4. The van der Waals surface area contributed by atoms with E-state index in [0.717, 1.165) is 28.9 Å². The van der Waals surface area contributed by atoms with Crippen molar-refractivity contribution in [3.05, 3.63) is 58.7 Å². The van der Waals surface area contributed by atoms with E-state index in [1.165, 1.54) is 27.8 Å². The van der Waals surface area contributed by atoms with Crippen LogP contribution >= 0.6 is 0 Å². The molecule has 0 radical (unpaired) electrons. The first-order valence-corrected chi connectivity index (χ1v) is 10.4. The summed E-state index contributed by atoms with van der Waals surface area (Å²) in [4.78, 5) is 13.0. The lowest BCUT2D eigenvalue weighted by atomic mass is 9.80. The van der Waals surface area contributed by atoms with Crippen LogP contribution in [-0.2, 0) is 17.4 Å². The Morgan fingerprint density at radius 3 is 2.21 bits per heavy atom. The summed E-state index contributed by atoms with van der Waals surface area (Å²) >= 11 is 0. The molecule has 4 heteroatoms. The summed E-state index contributed by atoms with van der Waals surface area (Å²) in [5.41, 5.74) is 9.73. The van der Waals surface area contributed by atoms with Crippen LogP contribution < -0.4 is 0 Å². The molecule has 4 rings (SSSR count). The topological polar surface area (TPSA) is 46.5 Å². The zero-order valence-corrected chi connectivity index (χ0v) is 18.9. The van der Waals surface area contributed by atoms with Gasteiger partial charge in [-0.15, -0.1) is 0 Å². The Labute approximate surface area is 173 Å². The molecule has 4 nitrogen and oxygen atoms in total. The predicted octanol–water partition coefficient (Wildman–Crippen LogP) is 6.11. The first-order chi connectivity index (χ1) is 13.5. The number of aryl methyl sites for hydroxylation is 3. The molecule has 0 bridgehead atoms. The summed E-state index contributed by atoms with van der Waals surface area (Å²) in [5, 5.41) is 0. The van der Waals surface area contributed by atoms with E-state index in [-0.39, 0.29) is 10.8 Å².